The van der Waals surface area contributed by atoms with E-state index in [0.717, 1.165) is 6.54 Å². The monoisotopic (exact) mass is 524 g/mol. The number of hydrogen-bond donors (Lipinski definition) is 3. The van der Waals surface area contributed by atoms with E-state index >= 15 is 4.39 Å². The molecule has 3 N–H and O–H groups in total. The van der Waals surface area contributed by atoms with Crippen LogP contribution in [0.5, 0.6) is 11.5 Å². The second-order valence-corrected chi connectivity index (χ2v) is 10.1. The van der Waals surface area contributed by atoms with Gasteiger partial charge < -0.3 is 24.8 Å². The summed E-state index contributed by atoms with van der Waals surface area (Å²) in [7, 11) is 1.40. The van der Waals surface area contributed by atoms with Crippen molar-refractivity contribution in [2.75, 3.05) is 39.9 Å². The molecule has 3 amide bonds. The average Bonchev–Trinajstić information content (AvgIpc) is 3.35. The number of nitrogens with zero attached hydrogens (tertiary/aromatic N) is 3. The third kappa shape index (κ3) is 3.99. The number of aromatic amines is 1. The number of hydrogen-bond acceptors (Lipinski definition) is 6. The molecule has 0 unspecified atom stereocenters. The van der Waals surface area contributed by atoms with E-state index in [-0.39, 0.29) is 37.0 Å². The zero-order valence-electron chi connectivity index (χ0n) is 21.8. The first kappa shape index (κ1) is 26.0. The molecule has 0 spiro atoms. The van der Waals surface area contributed by atoms with Gasteiger partial charge >= 0.3 is 6.03 Å². The van der Waals surface area contributed by atoms with Crippen LogP contribution in [0.3, 0.4) is 0 Å². The Hall–Kier alpha value is -3.63. The van der Waals surface area contributed by atoms with Gasteiger partial charge in [-0.2, -0.15) is 0 Å². The van der Waals surface area contributed by atoms with Crippen LogP contribution in [0.4, 0.5) is 9.18 Å². The van der Waals surface area contributed by atoms with Gasteiger partial charge in [-0.25, -0.2) is 9.18 Å². The van der Waals surface area contributed by atoms with E-state index in [0.29, 0.717) is 47.2 Å². The number of aliphatic hydroxyl groups excluding tert-OH is 1. The Morgan fingerprint density at radius 3 is 2.71 bits per heavy atom. The standard InChI is InChI=1S/C28H33FN4O5/c1-4-31(13-14-34)11-6-12-32-26(36)28(2)16-19-22-20(9-10-21(38-3)23(22)29)30-24(19)25(33(28)27(32)37)17-7-5-8-18(35)15-17/h5,7-10,15,25,30,34-35H,4,6,11-14,16H2,1-3H3/t25-,28+/m1/s1. The molecule has 38 heavy (non-hydrogen) atoms. The van der Waals surface area contributed by atoms with Gasteiger partial charge in [0.25, 0.3) is 5.91 Å². The summed E-state index contributed by atoms with van der Waals surface area (Å²) in [6.07, 6.45) is 0.695. The summed E-state index contributed by atoms with van der Waals surface area (Å²) in [5.41, 5.74) is 1.13. The summed E-state index contributed by atoms with van der Waals surface area (Å²) >= 11 is 0. The van der Waals surface area contributed by atoms with Gasteiger partial charge in [-0.3, -0.25) is 14.6 Å². The zero-order chi connectivity index (χ0) is 27.2. The van der Waals surface area contributed by atoms with Crippen molar-refractivity contribution in [3.05, 3.63) is 59.0 Å². The Labute approximate surface area is 220 Å². The number of aliphatic hydroxyl groups is 1. The van der Waals surface area contributed by atoms with Gasteiger partial charge in [0, 0.05) is 36.1 Å². The predicted octanol–water partition coefficient (Wildman–Crippen LogP) is 3.39. The zero-order valence-corrected chi connectivity index (χ0v) is 21.8. The number of nitrogens with one attached hydrogen (secondary N) is 1. The lowest BCUT2D eigenvalue weighted by Gasteiger charge is -2.42. The van der Waals surface area contributed by atoms with Crippen LogP contribution in [-0.2, 0) is 11.2 Å². The number of carbonyl (C=O) groups is 2. The van der Waals surface area contributed by atoms with Gasteiger partial charge in [0.2, 0.25) is 0 Å². The van der Waals surface area contributed by atoms with Gasteiger partial charge in [-0.15, -0.1) is 0 Å². The van der Waals surface area contributed by atoms with Crippen molar-refractivity contribution in [3.63, 3.8) is 0 Å². The van der Waals surface area contributed by atoms with Crippen LogP contribution in [-0.4, -0.2) is 87.3 Å². The number of carbonyl (C=O) groups excluding carboxylic acids is 2. The Morgan fingerprint density at radius 2 is 2.03 bits per heavy atom. The van der Waals surface area contributed by atoms with E-state index in [2.05, 4.69) is 9.88 Å². The molecule has 1 saturated heterocycles. The smallest absolute Gasteiger partial charge is 0.328 e. The number of H-pyrrole nitrogens is 1. The van der Waals surface area contributed by atoms with Crippen LogP contribution in [0.15, 0.2) is 36.4 Å². The quantitative estimate of drug-likeness (QED) is 0.370. The number of aromatic nitrogens is 1. The molecule has 3 heterocycles. The van der Waals surface area contributed by atoms with Crippen molar-refractivity contribution in [1.29, 1.82) is 0 Å². The minimum Gasteiger partial charge on any atom is -0.508 e. The highest BCUT2D eigenvalue weighted by Crippen LogP contribution is 2.49. The molecule has 1 fully saturated rings. The van der Waals surface area contributed by atoms with Crippen LogP contribution >= 0.6 is 0 Å². The van der Waals surface area contributed by atoms with Crippen molar-refractivity contribution in [1.82, 2.24) is 19.7 Å². The van der Waals surface area contributed by atoms with Crippen LogP contribution in [0.1, 0.15) is 43.1 Å². The molecular weight excluding hydrogens is 491 g/mol. The Bertz CT molecular complexity index is 1390. The molecule has 1 aromatic heterocycles. The normalized spacial score (nSPS) is 20.9. The molecule has 10 heteroatoms. The summed E-state index contributed by atoms with van der Waals surface area (Å²) in [5, 5.41) is 19.9. The number of benzene rings is 2. The molecule has 202 valence electrons. The second-order valence-electron chi connectivity index (χ2n) is 10.1. The molecule has 0 saturated carbocycles. The number of urea groups is 1. The molecular formula is C28H33FN4O5. The number of methoxy groups -OCH3 is 1. The minimum atomic E-state index is -1.25. The molecule has 9 nitrogen and oxygen atoms in total. The fourth-order valence-corrected chi connectivity index (χ4v) is 5.97. The fourth-order valence-electron chi connectivity index (χ4n) is 5.97. The van der Waals surface area contributed by atoms with Crippen molar-refractivity contribution in [2.45, 2.75) is 38.3 Å². The molecule has 2 atom stereocenters. The maximum absolute atomic E-state index is 15.6. The van der Waals surface area contributed by atoms with Crippen molar-refractivity contribution in [2.24, 2.45) is 0 Å². The van der Waals surface area contributed by atoms with Gasteiger partial charge in [-0.1, -0.05) is 19.1 Å². The van der Waals surface area contributed by atoms with Crippen molar-refractivity contribution in [3.8, 4) is 11.5 Å². The number of halogens is 1. The topological polar surface area (TPSA) is 109 Å². The number of aromatic hydroxyl groups is 1. The lowest BCUT2D eigenvalue weighted by atomic mass is 9.81. The van der Waals surface area contributed by atoms with Crippen molar-refractivity contribution >= 4 is 22.8 Å². The summed E-state index contributed by atoms with van der Waals surface area (Å²) in [4.78, 5) is 36.0. The minimum absolute atomic E-state index is 0.0265. The first-order chi connectivity index (χ1) is 18.2. The highest BCUT2D eigenvalue weighted by molar-refractivity contribution is 6.08. The third-order valence-corrected chi connectivity index (χ3v) is 7.86. The molecule has 0 bridgehead atoms. The maximum Gasteiger partial charge on any atom is 0.328 e. The Kier molecular flexibility index (Phi) is 6.79. The van der Waals surface area contributed by atoms with E-state index in [1.54, 1.807) is 42.2 Å². The number of rotatable bonds is 9. The molecule has 3 aromatic rings. The number of phenols is 1. The third-order valence-electron chi connectivity index (χ3n) is 7.86. The van der Waals surface area contributed by atoms with Gasteiger partial charge in [0.15, 0.2) is 11.6 Å². The lowest BCUT2D eigenvalue weighted by molar-refractivity contribution is -0.133. The summed E-state index contributed by atoms with van der Waals surface area (Å²) in [6.45, 7) is 5.91. The summed E-state index contributed by atoms with van der Waals surface area (Å²) in [5.74, 6) is -0.731. The predicted molar refractivity (Wildman–Crippen MR) is 140 cm³/mol. The second kappa shape index (κ2) is 9.92. The summed E-state index contributed by atoms with van der Waals surface area (Å²) in [6, 6.07) is 8.69. The van der Waals surface area contributed by atoms with E-state index in [1.165, 1.54) is 18.1 Å². The van der Waals surface area contributed by atoms with Crippen molar-refractivity contribution < 1.29 is 28.9 Å². The molecule has 2 aliphatic heterocycles. The number of likely N-dealkylation sites (N-methyl/N-ethyl adjacent to an activating group) is 1. The number of phenolic OH excluding ortho intramolecular Hbond substituents is 1. The van der Waals surface area contributed by atoms with Gasteiger partial charge in [0.1, 0.15) is 17.3 Å². The van der Waals surface area contributed by atoms with Gasteiger partial charge in [-0.05, 0) is 61.8 Å². The molecule has 2 aliphatic rings. The van der Waals surface area contributed by atoms with E-state index < -0.39 is 23.4 Å². The van der Waals surface area contributed by atoms with E-state index in [4.69, 9.17) is 4.74 Å². The Balaban J connectivity index is 1.59. The number of fused-ring (bicyclic) bond motifs is 4. The van der Waals surface area contributed by atoms with E-state index in [9.17, 15) is 19.8 Å². The highest BCUT2D eigenvalue weighted by atomic mass is 19.1. The first-order valence-corrected chi connectivity index (χ1v) is 12.9. The van der Waals surface area contributed by atoms with Gasteiger partial charge in [0.05, 0.1) is 13.7 Å². The number of amides is 3. The van der Waals surface area contributed by atoms with E-state index in [1.807, 2.05) is 6.92 Å². The molecule has 5 rings (SSSR count). The molecule has 2 aromatic carbocycles. The number of ether oxygens (including phenoxy) is 1. The van der Waals surface area contributed by atoms with Crippen LogP contribution in [0.2, 0.25) is 0 Å². The maximum atomic E-state index is 15.6. The summed E-state index contributed by atoms with van der Waals surface area (Å²) < 4.78 is 20.8. The van der Waals surface area contributed by atoms with Crippen LogP contribution < -0.4 is 4.74 Å². The average molecular weight is 525 g/mol. The van der Waals surface area contributed by atoms with Crippen LogP contribution in [0.25, 0.3) is 10.9 Å². The Morgan fingerprint density at radius 1 is 1.24 bits per heavy atom. The number of imide groups is 1. The fraction of sp³-hybridized carbons (Fsp3) is 0.429. The lowest BCUT2D eigenvalue weighted by Crippen LogP contribution is -2.53. The first-order valence-electron chi connectivity index (χ1n) is 12.9. The molecule has 0 radical (unpaired) electrons. The van der Waals surface area contributed by atoms with Crippen LogP contribution in [0, 0.1) is 5.82 Å². The largest absolute Gasteiger partial charge is 0.508 e. The highest BCUT2D eigenvalue weighted by Gasteiger charge is 2.60. The SMILES string of the molecule is CCN(CCO)CCCN1C(=O)N2[C@H](c3cccc(O)c3)c3[nH]c4ccc(OC)c(F)c4c3C[C@@]2(C)C1=O. The molecule has 0 aliphatic carbocycles.